The van der Waals surface area contributed by atoms with Gasteiger partial charge >= 0.3 is 11.8 Å². The number of anilines is 2. The molecule has 2 amide bonds. The van der Waals surface area contributed by atoms with Gasteiger partial charge in [0.25, 0.3) is 5.69 Å². The van der Waals surface area contributed by atoms with E-state index >= 15 is 0 Å². The molecule has 9 heteroatoms. The maximum absolute atomic E-state index is 11.7. The first-order valence-electron chi connectivity index (χ1n) is 5.93. The van der Waals surface area contributed by atoms with E-state index in [0.717, 1.165) is 6.07 Å². The van der Waals surface area contributed by atoms with Crippen LogP contribution in [0.1, 0.15) is 0 Å². The minimum atomic E-state index is -0.972. The summed E-state index contributed by atoms with van der Waals surface area (Å²) in [5.74, 6) is -1.90. The van der Waals surface area contributed by atoms with Crippen molar-refractivity contribution in [2.75, 3.05) is 10.6 Å². The highest BCUT2D eigenvalue weighted by Gasteiger charge is 2.17. The number of nitrogens with zero attached hydrogens (tertiary/aromatic N) is 2. The zero-order valence-corrected chi connectivity index (χ0v) is 11.7. The molecule has 2 N–H and O–H groups in total. The summed E-state index contributed by atoms with van der Waals surface area (Å²) in [6.45, 7) is 0. The van der Waals surface area contributed by atoms with Crippen molar-refractivity contribution in [3.8, 4) is 0 Å². The molecule has 1 heterocycles. The number of hydrogen-bond acceptors (Lipinski definition) is 5. The van der Waals surface area contributed by atoms with Crippen molar-refractivity contribution in [2.45, 2.75) is 0 Å². The Bertz CT molecular complexity index is 736. The van der Waals surface area contributed by atoms with E-state index in [0.29, 0.717) is 5.69 Å². The third-order valence-electron chi connectivity index (χ3n) is 2.53. The molecule has 2 rings (SSSR count). The van der Waals surface area contributed by atoms with Crippen molar-refractivity contribution in [2.24, 2.45) is 0 Å². The molecule has 8 nitrogen and oxygen atoms in total. The van der Waals surface area contributed by atoms with Crippen LogP contribution >= 0.6 is 11.6 Å². The van der Waals surface area contributed by atoms with Crippen LogP contribution in [-0.2, 0) is 9.59 Å². The Morgan fingerprint density at radius 3 is 2.41 bits per heavy atom. The number of nitro groups is 1. The van der Waals surface area contributed by atoms with Crippen molar-refractivity contribution in [3.05, 3.63) is 57.9 Å². The third kappa shape index (κ3) is 3.76. The Morgan fingerprint density at radius 1 is 1.14 bits per heavy atom. The second-order valence-electron chi connectivity index (χ2n) is 4.07. The number of rotatable bonds is 3. The number of nitro benzene ring substituents is 1. The van der Waals surface area contributed by atoms with E-state index in [4.69, 9.17) is 11.6 Å². The molecule has 22 heavy (non-hydrogen) atoms. The first kappa shape index (κ1) is 15.4. The molecule has 0 atom stereocenters. The van der Waals surface area contributed by atoms with E-state index in [9.17, 15) is 19.7 Å². The minimum Gasteiger partial charge on any atom is -0.318 e. The first-order chi connectivity index (χ1) is 10.5. The van der Waals surface area contributed by atoms with Gasteiger partial charge in [0.2, 0.25) is 0 Å². The fourth-order valence-corrected chi connectivity index (χ4v) is 1.73. The molecule has 0 aliphatic carbocycles. The largest absolute Gasteiger partial charge is 0.318 e. The molecular formula is C13H9ClN4O4. The number of nitrogens with one attached hydrogen (secondary N) is 2. The highest BCUT2D eigenvalue weighted by Crippen LogP contribution is 2.27. The van der Waals surface area contributed by atoms with E-state index < -0.39 is 16.7 Å². The number of hydrogen-bond donors (Lipinski definition) is 2. The topological polar surface area (TPSA) is 114 Å². The van der Waals surface area contributed by atoms with Gasteiger partial charge in [-0.2, -0.15) is 0 Å². The van der Waals surface area contributed by atoms with Crippen LogP contribution in [0.25, 0.3) is 0 Å². The van der Waals surface area contributed by atoms with Crippen molar-refractivity contribution >= 4 is 40.5 Å². The summed E-state index contributed by atoms with van der Waals surface area (Å²) in [5, 5.41) is 15.3. The van der Waals surface area contributed by atoms with E-state index in [1.54, 1.807) is 12.1 Å². The standard InChI is InChI=1S/C13H9ClN4O4/c14-10-4-3-8(6-11(10)18(21)22)16-12(19)13(20)17-9-2-1-5-15-7-9/h1-7H,(H,16,19)(H,17,20). The molecule has 112 valence electrons. The van der Waals surface area contributed by atoms with E-state index in [1.165, 1.54) is 24.5 Å². The molecule has 0 saturated carbocycles. The molecule has 2 aromatic rings. The summed E-state index contributed by atoms with van der Waals surface area (Å²) >= 11 is 5.66. The lowest BCUT2D eigenvalue weighted by molar-refractivity contribution is -0.384. The number of amides is 2. The highest BCUT2D eigenvalue weighted by molar-refractivity contribution is 6.43. The van der Waals surface area contributed by atoms with Gasteiger partial charge in [0.1, 0.15) is 5.02 Å². The lowest BCUT2D eigenvalue weighted by Crippen LogP contribution is -2.29. The second-order valence-corrected chi connectivity index (χ2v) is 4.48. The summed E-state index contributed by atoms with van der Waals surface area (Å²) in [5.41, 5.74) is 0.0688. The highest BCUT2D eigenvalue weighted by atomic mass is 35.5. The molecule has 1 aromatic heterocycles. The summed E-state index contributed by atoms with van der Waals surface area (Å²) in [6.07, 6.45) is 2.89. The molecule has 0 spiro atoms. The van der Waals surface area contributed by atoms with Crippen LogP contribution in [0.3, 0.4) is 0 Å². The quantitative estimate of drug-likeness (QED) is 0.511. The zero-order chi connectivity index (χ0) is 16.1. The van der Waals surface area contributed by atoms with Gasteiger partial charge in [-0.25, -0.2) is 0 Å². The predicted octanol–water partition coefficient (Wildman–Crippen LogP) is 2.22. The number of pyridine rings is 1. The lowest BCUT2D eigenvalue weighted by Gasteiger charge is -2.06. The molecular weight excluding hydrogens is 312 g/mol. The van der Waals surface area contributed by atoms with Gasteiger partial charge in [-0.15, -0.1) is 0 Å². The van der Waals surface area contributed by atoms with E-state index in [-0.39, 0.29) is 16.4 Å². The van der Waals surface area contributed by atoms with Crippen LogP contribution in [0.5, 0.6) is 0 Å². The Kier molecular flexibility index (Phi) is 4.64. The van der Waals surface area contributed by atoms with E-state index in [2.05, 4.69) is 15.6 Å². The molecule has 0 radical (unpaired) electrons. The Hall–Kier alpha value is -3.00. The lowest BCUT2D eigenvalue weighted by atomic mass is 10.2. The Labute approximate surface area is 129 Å². The first-order valence-corrected chi connectivity index (χ1v) is 6.31. The van der Waals surface area contributed by atoms with Crippen LogP contribution in [0, 0.1) is 10.1 Å². The van der Waals surface area contributed by atoms with Gasteiger partial charge in [-0.1, -0.05) is 11.6 Å². The molecule has 0 saturated heterocycles. The number of aromatic nitrogens is 1. The van der Waals surface area contributed by atoms with Crippen LogP contribution in [-0.4, -0.2) is 21.7 Å². The number of carbonyl (C=O) groups excluding carboxylic acids is 2. The SMILES string of the molecule is O=C(Nc1cccnc1)C(=O)Nc1ccc(Cl)c([N+](=O)[O-])c1. The minimum absolute atomic E-state index is 0.0668. The fourth-order valence-electron chi connectivity index (χ4n) is 1.54. The number of benzene rings is 1. The fraction of sp³-hybridized carbons (Fsp3) is 0. The van der Waals surface area contributed by atoms with Gasteiger partial charge in [0.05, 0.1) is 16.8 Å². The molecule has 0 aliphatic heterocycles. The van der Waals surface area contributed by atoms with Crippen LogP contribution < -0.4 is 10.6 Å². The smallest absolute Gasteiger partial charge is 0.314 e. The van der Waals surface area contributed by atoms with E-state index in [1.807, 2.05) is 0 Å². The maximum atomic E-state index is 11.7. The normalized spacial score (nSPS) is 9.86. The molecule has 1 aromatic carbocycles. The van der Waals surface area contributed by atoms with Gasteiger partial charge < -0.3 is 10.6 Å². The second kappa shape index (κ2) is 6.64. The third-order valence-corrected chi connectivity index (χ3v) is 2.85. The van der Waals surface area contributed by atoms with Crippen LogP contribution in [0.4, 0.5) is 17.1 Å². The van der Waals surface area contributed by atoms with Gasteiger partial charge in [-0.05, 0) is 24.3 Å². The molecule has 0 unspecified atom stereocenters. The van der Waals surface area contributed by atoms with Crippen molar-refractivity contribution in [3.63, 3.8) is 0 Å². The Morgan fingerprint density at radius 2 is 1.82 bits per heavy atom. The summed E-state index contributed by atoms with van der Waals surface area (Å²) in [6, 6.07) is 6.83. The Balaban J connectivity index is 2.07. The molecule has 0 aliphatic rings. The van der Waals surface area contributed by atoms with Crippen LogP contribution in [0.2, 0.25) is 5.02 Å². The monoisotopic (exact) mass is 320 g/mol. The average molecular weight is 321 g/mol. The maximum Gasteiger partial charge on any atom is 0.314 e. The average Bonchev–Trinajstić information content (AvgIpc) is 2.49. The van der Waals surface area contributed by atoms with Gasteiger partial charge in [0.15, 0.2) is 0 Å². The number of halogens is 1. The van der Waals surface area contributed by atoms with Crippen molar-refractivity contribution in [1.82, 2.24) is 4.98 Å². The van der Waals surface area contributed by atoms with Gasteiger partial charge in [0, 0.05) is 18.0 Å². The van der Waals surface area contributed by atoms with Crippen molar-refractivity contribution in [1.29, 1.82) is 0 Å². The number of carbonyl (C=O) groups is 2. The predicted molar refractivity (Wildman–Crippen MR) is 79.6 cm³/mol. The van der Waals surface area contributed by atoms with Crippen molar-refractivity contribution < 1.29 is 14.5 Å². The summed E-state index contributed by atoms with van der Waals surface area (Å²) in [7, 11) is 0. The van der Waals surface area contributed by atoms with Crippen LogP contribution in [0.15, 0.2) is 42.7 Å². The molecule has 0 bridgehead atoms. The summed E-state index contributed by atoms with van der Waals surface area (Å²) < 4.78 is 0. The summed E-state index contributed by atoms with van der Waals surface area (Å²) in [4.78, 5) is 37.3. The zero-order valence-electron chi connectivity index (χ0n) is 10.9. The van der Waals surface area contributed by atoms with Gasteiger partial charge in [-0.3, -0.25) is 24.7 Å². The molecule has 0 fully saturated rings.